The van der Waals surface area contributed by atoms with Crippen LogP contribution in [0.4, 0.5) is 0 Å². The zero-order valence-electron chi connectivity index (χ0n) is 20.2. The second-order valence-corrected chi connectivity index (χ2v) is 7.38. The lowest BCUT2D eigenvalue weighted by Gasteiger charge is -2.12. The lowest BCUT2D eigenvalue weighted by Crippen LogP contribution is -2.09. The maximum Gasteiger partial charge on any atom is 0.348 e. The van der Waals surface area contributed by atoms with Gasteiger partial charge in [0.05, 0.1) is 20.3 Å². The number of ether oxygens (including phenoxy) is 5. The molecule has 0 aliphatic carbocycles. The van der Waals surface area contributed by atoms with Crippen molar-refractivity contribution in [3.05, 3.63) is 53.6 Å². The zero-order valence-corrected chi connectivity index (χ0v) is 20.2. The number of carbonyl (C=O) groups excluding carboxylic acids is 1. The molecule has 2 aromatic rings. The number of nitriles is 1. The Kier molecular flexibility index (Phi) is 11.9. The minimum atomic E-state index is -0.659. The Bertz CT molecular complexity index is 962. The molecule has 0 saturated carbocycles. The molecular weight excluding hydrogens is 434 g/mol. The highest BCUT2D eigenvalue weighted by Crippen LogP contribution is 2.29. The van der Waals surface area contributed by atoms with Crippen LogP contribution in [0.1, 0.15) is 45.1 Å². The van der Waals surface area contributed by atoms with Gasteiger partial charge in [-0.1, -0.05) is 32.3 Å². The number of hydrogen-bond donors (Lipinski definition) is 0. The lowest BCUT2D eigenvalue weighted by atomic mass is 10.1. The van der Waals surface area contributed by atoms with Crippen LogP contribution >= 0.6 is 0 Å². The Morgan fingerprint density at radius 3 is 2.18 bits per heavy atom. The van der Waals surface area contributed by atoms with Gasteiger partial charge in [0.1, 0.15) is 36.4 Å². The van der Waals surface area contributed by atoms with Crippen molar-refractivity contribution in [3.63, 3.8) is 0 Å². The van der Waals surface area contributed by atoms with Crippen molar-refractivity contribution in [2.45, 2.75) is 39.5 Å². The second kappa shape index (κ2) is 15.2. The van der Waals surface area contributed by atoms with Crippen LogP contribution in [0, 0.1) is 11.3 Å². The molecule has 2 aromatic carbocycles. The molecule has 0 atom stereocenters. The van der Waals surface area contributed by atoms with Crippen molar-refractivity contribution >= 4 is 12.0 Å². The van der Waals surface area contributed by atoms with Gasteiger partial charge in [-0.05, 0) is 61.4 Å². The van der Waals surface area contributed by atoms with E-state index in [0.29, 0.717) is 30.3 Å². The topological polar surface area (TPSA) is 87.0 Å². The Morgan fingerprint density at radius 2 is 1.56 bits per heavy atom. The summed E-state index contributed by atoms with van der Waals surface area (Å²) in [6.45, 7) is 5.47. The molecule has 7 nitrogen and oxygen atoms in total. The number of esters is 1. The first kappa shape index (κ1) is 26.6. The summed E-state index contributed by atoms with van der Waals surface area (Å²) in [5.41, 5.74) is 0.539. The Labute approximate surface area is 201 Å². The van der Waals surface area contributed by atoms with E-state index in [4.69, 9.17) is 23.7 Å². The van der Waals surface area contributed by atoms with Crippen LogP contribution < -0.4 is 18.9 Å². The van der Waals surface area contributed by atoms with Crippen molar-refractivity contribution in [3.8, 4) is 29.1 Å². The van der Waals surface area contributed by atoms with Gasteiger partial charge in [-0.15, -0.1) is 0 Å². The molecular formula is C27H33NO6. The number of carbonyl (C=O) groups is 1. The van der Waals surface area contributed by atoms with Crippen LogP contribution in [0.25, 0.3) is 6.08 Å². The fourth-order valence-corrected chi connectivity index (χ4v) is 3.07. The maximum absolute atomic E-state index is 11.8. The van der Waals surface area contributed by atoms with Crippen molar-refractivity contribution in [2.24, 2.45) is 0 Å². The van der Waals surface area contributed by atoms with Gasteiger partial charge >= 0.3 is 5.97 Å². The molecule has 0 N–H and O–H groups in total. The van der Waals surface area contributed by atoms with Gasteiger partial charge < -0.3 is 23.7 Å². The quantitative estimate of drug-likeness (QED) is 0.146. The van der Waals surface area contributed by atoms with Crippen LogP contribution in [0.2, 0.25) is 0 Å². The number of rotatable bonds is 15. The molecule has 0 aliphatic heterocycles. The first-order chi connectivity index (χ1) is 16.6. The zero-order chi connectivity index (χ0) is 24.6. The number of hydrogen-bond acceptors (Lipinski definition) is 7. The van der Waals surface area contributed by atoms with Gasteiger partial charge in [-0.3, -0.25) is 0 Å². The van der Waals surface area contributed by atoms with Crippen molar-refractivity contribution in [1.82, 2.24) is 0 Å². The smallest absolute Gasteiger partial charge is 0.348 e. The molecule has 0 saturated heterocycles. The summed E-state index contributed by atoms with van der Waals surface area (Å²) in [6.07, 6.45) is 6.16. The molecule has 2 rings (SSSR count). The molecule has 0 aromatic heterocycles. The van der Waals surface area contributed by atoms with Crippen LogP contribution in [0.15, 0.2) is 48.0 Å². The highest BCUT2D eigenvalue weighted by atomic mass is 16.5. The van der Waals surface area contributed by atoms with E-state index in [2.05, 4.69) is 6.92 Å². The highest BCUT2D eigenvalue weighted by Gasteiger charge is 2.11. The van der Waals surface area contributed by atoms with E-state index in [1.165, 1.54) is 32.4 Å². The van der Waals surface area contributed by atoms with E-state index >= 15 is 0 Å². The van der Waals surface area contributed by atoms with Gasteiger partial charge in [-0.2, -0.15) is 5.26 Å². The summed E-state index contributed by atoms with van der Waals surface area (Å²) in [5, 5.41) is 9.19. The molecule has 0 fully saturated rings. The normalized spacial score (nSPS) is 10.8. The third-order valence-electron chi connectivity index (χ3n) is 4.81. The average molecular weight is 468 g/mol. The van der Waals surface area contributed by atoms with Gasteiger partial charge in [-0.25, -0.2) is 4.79 Å². The molecule has 0 heterocycles. The maximum atomic E-state index is 11.8. The second-order valence-electron chi connectivity index (χ2n) is 7.38. The van der Waals surface area contributed by atoms with E-state index < -0.39 is 5.97 Å². The summed E-state index contributed by atoms with van der Waals surface area (Å²) < 4.78 is 27.5. The number of unbranched alkanes of at least 4 members (excludes halogenated alkanes) is 3. The monoisotopic (exact) mass is 467 g/mol. The molecule has 0 amide bonds. The first-order valence-electron chi connectivity index (χ1n) is 11.6. The predicted octanol–water partition coefficient (Wildman–Crippen LogP) is 5.58. The Balaban J connectivity index is 1.83. The molecule has 0 spiro atoms. The molecule has 0 aliphatic rings. The van der Waals surface area contributed by atoms with E-state index in [9.17, 15) is 10.1 Å². The number of nitrogens with zero attached hydrogens (tertiary/aromatic N) is 1. The van der Waals surface area contributed by atoms with Gasteiger partial charge in [0.2, 0.25) is 0 Å². The summed E-state index contributed by atoms with van der Waals surface area (Å²) in [6, 6.07) is 14.5. The van der Waals surface area contributed by atoms with Crippen LogP contribution in [0.5, 0.6) is 23.0 Å². The molecule has 182 valence electrons. The largest absolute Gasteiger partial charge is 0.494 e. The summed E-state index contributed by atoms with van der Waals surface area (Å²) in [4.78, 5) is 11.8. The predicted molar refractivity (Wildman–Crippen MR) is 130 cm³/mol. The van der Waals surface area contributed by atoms with E-state index in [1.54, 1.807) is 25.1 Å². The van der Waals surface area contributed by atoms with Gasteiger partial charge in [0.15, 0.2) is 11.5 Å². The van der Waals surface area contributed by atoms with Gasteiger partial charge in [0, 0.05) is 0 Å². The first-order valence-corrected chi connectivity index (χ1v) is 11.6. The highest BCUT2D eigenvalue weighted by molar-refractivity contribution is 5.97. The average Bonchev–Trinajstić information content (AvgIpc) is 2.86. The molecule has 0 unspecified atom stereocenters. The van der Waals surface area contributed by atoms with Gasteiger partial charge in [0.25, 0.3) is 0 Å². The fraction of sp³-hybridized carbons (Fsp3) is 0.407. The van der Waals surface area contributed by atoms with Crippen LogP contribution in [-0.4, -0.2) is 39.5 Å². The van der Waals surface area contributed by atoms with Crippen LogP contribution in [0.3, 0.4) is 0 Å². The third kappa shape index (κ3) is 9.07. The van der Waals surface area contributed by atoms with Crippen LogP contribution in [-0.2, 0) is 9.53 Å². The fourth-order valence-electron chi connectivity index (χ4n) is 3.07. The van der Waals surface area contributed by atoms with E-state index in [-0.39, 0.29) is 12.2 Å². The van der Waals surface area contributed by atoms with E-state index in [0.717, 1.165) is 24.5 Å². The third-order valence-corrected chi connectivity index (χ3v) is 4.81. The number of methoxy groups -OCH3 is 1. The SMILES string of the molecule is CCCCCCOc1ccc(OCCOc2ccc(/C=C(/C#N)C(=O)OCC)cc2OC)cc1. The minimum absolute atomic E-state index is 0.0844. The molecule has 0 bridgehead atoms. The Hall–Kier alpha value is -3.66. The molecule has 7 heteroatoms. The standard InChI is InChI=1S/C27H33NO6/c1-4-6-7-8-15-32-23-10-12-24(13-11-23)33-16-17-34-25-14-9-21(19-26(25)30-3)18-22(20-28)27(29)31-5-2/h9-14,18-19H,4-8,15-17H2,1-3H3/b22-18-. The molecule has 34 heavy (non-hydrogen) atoms. The lowest BCUT2D eigenvalue weighted by molar-refractivity contribution is -0.137. The molecule has 0 radical (unpaired) electrons. The van der Waals surface area contributed by atoms with E-state index in [1.807, 2.05) is 30.3 Å². The Morgan fingerprint density at radius 1 is 0.882 bits per heavy atom. The summed E-state index contributed by atoms with van der Waals surface area (Å²) in [7, 11) is 1.52. The van der Waals surface area contributed by atoms with Crippen molar-refractivity contribution in [2.75, 3.05) is 33.5 Å². The number of benzene rings is 2. The summed E-state index contributed by atoms with van der Waals surface area (Å²) in [5.74, 6) is 1.92. The minimum Gasteiger partial charge on any atom is -0.494 e. The van der Waals surface area contributed by atoms with Crippen molar-refractivity contribution < 1.29 is 28.5 Å². The van der Waals surface area contributed by atoms with Crippen molar-refractivity contribution in [1.29, 1.82) is 5.26 Å². The summed E-state index contributed by atoms with van der Waals surface area (Å²) >= 11 is 0.